The SMILES string of the molecule is Cc1ccc(CC(C)(C)NC[C@@H](O)COC(C)c2ccccc2-c2ccccc2CO)cc1F. The highest BCUT2D eigenvalue weighted by Gasteiger charge is 2.21. The Morgan fingerprint density at radius 3 is 2.38 bits per heavy atom. The van der Waals surface area contributed by atoms with E-state index in [1.165, 1.54) is 0 Å². The van der Waals surface area contributed by atoms with Gasteiger partial charge in [-0.3, -0.25) is 0 Å². The van der Waals surface area contributed by atoms with E-state index in [1.54, 1.807) is 19.1 Å². The summed E-state index contributed by atoms with van der Waals surface area (Å²) in [6.07, 6.45) is -0.277. The van der Waals surface area contributed by atoms with Crippen LogP contribution in [0.1, 0.15) is 49.1 Å². The molecule has 0 aliphatic heterocycles. The third-order valence-electron chi connectivity index (χ3n) is 6.11. The van der Waals surface area contributed by atoms with Gasteiger partial charge in [0.25, 0.3) is 0 Å². The van der Waals surface area contributed by atoms with Crippen molar-refractivity contribution >= 4 is 0 Å². The predicted molar refractivity (Wildman–Crippen MR) is 135 cm³/mol. The van der Waals surface area contributed by atoms with Gasteiger partial charge in [0.1, 0.15) is 5.82 Å². The fraction of sp³-hybridized carbons (Fsp3) is 0.379. The van der Waals surface area contributed by atoms with Crippen LogP contribution in [0.5, 0.6) is 0 Å². The molecule has 3 aromatic rings. The molecule has 0 bridgehead atoms. The summed E-state index contributed by atoms with van der Waals surface area (Å²) in [5.74, 6) is -0.197. The molecular weight excluding hydrogens is 429 g/mol. The van der Waals surface area contributed by atoms with Crippen LogP contribution in [0.15, 0.2) is 66.7 Å². The maximum Gasteiger partial charge on any atom is 0.126 e. The number of hydrogen-bond donors (Lipinski definition) is 3. The normalized spacial score (nSPS) is 13.6. The number of rotatable bonds is 11. The number of ether oxygens (including phenoxy) is 1. The van der Waals surface area contributed by atoms with Gasteiger partial charge in [-0.05, 0) is 73.6 Å². The minimum absolute atomic E-state index is 0.0326. The van der Waals surface area contributed by atoms with Gasteiger partial charge in [0.2, 0.25) is 0 Å². The zero-order chi connectivity index (χ0) is 24.7. The lowest BCUT2D eigenvalue weighted by Gasteiger charge is -2.28. The Labute approximate surface area is 202 Å². The lowest BCUT2D eigenvalue weighted by molar-refractivity contribution is -0.00397. The molecule has 1 unspecified atom stereocenters. The third kappa shape index (κ3) is 6.97. The van der Waals surface area contributed by atoms with Crippen molar-refractivity contribution in [2.24, 2.45) is 0 Å². The predicted octanol–water partition coefficient (Wildman–Crippen LogP) is 5.34. The van der Waals surface area contributed by atoms with Gasteiger partial charge in [-0.2, -0.15) is 0 Å². The van der Waals surface area contributed by atoms with E-state index in [0.29, 0.717) is 18.5 Å². The molecule has 182 valence electrons. The second kappa shape index (κ2) is 11.7. The largest absolute Gasteiger partial charge is 0.392 e. The Hall–Kier alpha value is -2.57. The van der Waals surface area contributed by atoms with Gasteiger partial charge in [-0.1, -0.05) is 60.7 Å². The van der Waals surface area contributed by atoms with Gasteiger partial charge in [-0.15, -0.1) is 0 Å². The molecule has 0 saturated carbocycles. The second-order valence-electron chi connectivity index (χ2n) is 9.56. The maximum absolute atomic E-state index is 13.9. The molecule has 0 aromatic heterocycles. The van der Waals surface area contributed by atoms with Crippen LogP contribution >= 0.6 is 0 Å². The Morgan fingerprint density at radius 2 is 1.68 bits per heavy atom. The van der Waals surface area contributed by atoms with E-state index in [4.69, 9.17) is 4.74 Å². The highest BCUT2D eigenvalue weighted by Crippen LogP contribution is 2.32. The minimum atomic E-state index is -0.687. The van der Waals surface area contributed by atoms with E-state index in [-0.39, 0.29) is 30.7 Å². The van der Waals surface area contributed by atoms with Crippen molar-refractivity contribution in [2.75, 3.05) is 13.2 Å². The van der Waals surface area contributed by atoms with E-state index < -0.39 is 6.10 Å². The molecule has 0 radical (unpaired) electrons. The van der Waals surface area contributed by atoms with E-state index in [2.05, 4.69) is 5.32 Å². The molecule has 0 spiro atoms. The molecule has 0 saturated heterocycles. The average Bonchev–Trinajstić information content (AvgIpc) is 2.83. The molecule has 5 heteroatoms. The van der Waals surface area contributed by atoms with Crippen molar-refractivity contribution in [3.63, 3.8) is 0 Å². The van der Waals surface area contributed by atoms with Gasteiger partial charge in [0, 0.05) is 12.1 Å². The van der Waals surface area contributed by atoms with Gasteiger partial charge in [-0.25, -0.2) is 4.39 Å². The van der Waals surface area contributed by atoms with Crippen molar-refractivity contribution in [3.8, 4) is 11.1 Å². The first-order valence-electron chi connectivity index (χ1n) is 11.8. The fourth-order valence-corrected chi connectivity index (χ4v) is 4.14. The van der Waals surface area contributed by atoms with Crippen LogP contribution in [0.2, 0.25) is 0 Å². The summed E-state index contributed by atoms with van der Waals surface area (Å²) in [6.45, 7) is 8.31. The molecule has 3 aromatic carbocycles. The Balaban J connectivity index is 1.57. The van der Waals surface area contributed by atoms with E-state index in [1.807, 2.05) is 75.4 Å². The fourth-order valence-electron chi connectivity index (χ4n) is 4.14. The summed E-state index contributed by atoms with van der Waals surface area (Å²) in [5.41, 5.74) is 5.10. The topological polar surface area (TPSA) is 61.7 Å². The number of nitrogens with one attached hydrogen (secondary N) is 1. The summed E-state index contributed by atoms with van der Waals surface area (Å²) in [7, 11) is 0. The first-order chi connectivity index (χ1) is 16.2. The summed E-state index contributed by atoms with van der Waals surface area (Å²) < 4.78 is 19.9. The zero-order valence-electron chi connectivity index (χ0n) is 20.5. The number of halogens is 1. The van der Waals surface area contributed by atoms with Crippen molar-refractivity contribution in [1.29, 1.82) is 0 Å². The van der Waals surface area contributed by atoms with Crippen LogP contribution in [0.4, 0.5) is 4.39 Å². The Kier molecular flexibility index (Phi) is 8.97. The summed E-state index contributed by atoms with van der Waals surface area (Å²) in [4.78, 5) is 0. The average molecular weight is 466 g/mol. The summed E-state index contributed by atoms with van der Waals surface area (Å²) in [6, 6.07) is 21.1. The molecule has 0 heterocycles. The van der Waals surface area contributed by atoms with Gasteiger partial charge >= 0.3 is 0 Å². The molecule has 0 aliphatic carbocycles. The molecule has 4 nitrogen and oxygen atoms in total. The summed E-state index contributed by atoms with van der Waals surface area (Å²) in [5, 5.41) is 23.7. The van der Waals surface area contributed by atoms with Crippen LogP contribution in [0, 0.1) is 12.7 Å². The van der Waals surface area contributed by atoms with Gasteiger partial charge < -0.3 is 20.3 Å². The van der Waals surface area contributed by atoms with Crippen molar-refractivity contribution in [3.05, 3.63) is 94.8 Å². The molecule has 3 N–H and O–H groups in total. The monoisotopic (exact) mass is 465 g/mol. The highest BCUT2D eigenvalue weighted by atomic mass is 19.1. The molecule has 2 atom stereocenters. The third-order valence-corrected chi connectivity index (χ3v) is 6.11. The lowest BCUT2D eigenvalue weighted by atomic mass is 9.93. The molecular formula is C29H36FNO3. The van der Waals surface area contributed by atoms with E-state index in [9.17, 15) is 14.6 Å². The molecule has 0 amide bonds. The van der Waals surface area contributed by atoms with Crippen LogP contribution in [-0.4, -0.2) is 35.0 Å². The van der Waals surface area contributed by atoms with Crippen molar-refractivity contribution < 1.29 is 19.3 Å². The lowest BCUT2D eigenvalue weighted by Crippen LogP contribution is -2.46. The standard InChI is InChI=1S/C29H36FNO3/c1-20-13-14-22(15-28(20)30)16-29(3,4)31-17-24(33)19-34-21(2)25-10-7-8-12-27(25)26-11-6-5-9-23(26)18-32/h5-15,21,24,31-33H,16-19H2,1-4H3/t21?,24-/m1/s1. The number of aliphatic hydroxyl groups excluding tert-OH is 2. The van der Waals surface area contributed by atoms with E-state index in [0.717, 1.165) is 27.8 Å². The molecule has 3 rings (SSSR count). The molecule has 34 heavy (non-hydrogen) atoms. The summed E-state index contributed by atoms with van der Waals surface area (Å²) >= 11 is 0. The van der Waals surface area contributed by atoms with Crippen LogP contribution in [0.25, 0.3) is 11.1 Å². The van der Waals surface area contributed by atoms with Crippen molar-refractivity contribution in [1.82, 2.24) is 5.32 Å². The number of hydrogen-bond acceptors (Lipinski definition) is 4. The number of aliphatic hydroxyl groups is 2. The Morgan fingerprint density at radius 1 is 1.00 bits per heavy atom. The van der Waals surface area contributed by atoms with Crippen molar-refractivity contribution in [2.45, 2.75) is 58.5 Å². The number of β-amino-alcohol motifs (C(OH)–C–C–N with tert-alkyl or cyclic N) is 1. The first kappa shape index (κ1) is 26.0. The van der Waals surface area contributed by atoms with Crippen LogP contribution in [-0.2, 0) is 17.8 Å². The highest BCUT2D eigenvalue weighted by molar-refractivity contribution is 5.71. The second-order valence-corrected chi connectivity index (χ2v) is 9.56. The van der Waals surface area contributed by atoms with Crippen LogP contribution < -0.4 is 5.32 Å². The quantitative estimate of drug-likeness (QED) is 0.358. The van der Waals surface area contributed by atoms with E-state index >= 15 is 0 Å². The minimum Gasteiger partial charge on any atom is -0.392 e. The first-order valence-corrected chi connectivity index (χ1v) is 11.8. The van der Waals surface area contributed by atoms with Gasteiger partial charge in [0.05, 0.1) is 25.4 Å². The Bertz CT molecular complexity index is 1080. The number of benzene rings is 3. The van der Waals surface area contributed by atoms with Crippen LogP contribution in [0.3, 0.4) is 0 Å². The smallest absolute Gasteiger partial charge is 0.126 e. The number of aryl methyl sites for hydroxylation is 1. The van der Waals surface area contributed by atoms with Gasteiger partial charge in [0.15, 0.2) is 0 Å². The molecule has 0 aliphatic rings. The maximum atomic E-state index is 13.9. The molecule has 0 fully saturated rings. The zero-order valence-corrected chi connectivity index (χ0v) is 20.5.